The number of benzene rings is 1. The van der Waals surface area contributed by atoms with Crippen molar-refractivity contribution in [2.45, 2.75) is 6.92 Å². The second-order valence-corrected chi connectivity index (χ2v) is 2.66. The third-order valence-electron chi connectivity index (χ3n) is 1.24. The maximum Gasteiger partial charge on any atom is 0.121 e. The summed E-state index contributed by atoms with van der Waals surface area (Å²) in [6.07, 6.45) is 0. The summed E-state index contributed by atoms with van der Waals surface area (Å²) in [6, 6.07) is 5.43. The minimum Gasteiger partial charge on any atom is -0.494 e. The molecule has 0 aliphatic rings. The Balaban J connectivity index is 2.89. The van der Waals surface area contributed by atoms with Crippen molar-refractivity contribution in [1.29, 1.82) is 0 Å². The number of rotatable bonds is 2. The molecule has 0 fully saturated rings. The first-order valence-electron chi connectivity index (χ1n) is 3.47. The molecule has 0 bridgehead atoms. The van der Waals surface area contributed by atoms with Crippen molar-refractivity contribution in [2.75, 3.05) is 6.61 Å². The Labute approximate surface area is 71.9 Å². The zero-order valence-corrected chi connectivity index (χ0v) is 7.19. The summed E-state index contributed by atoms with van der Waals surface area (Å²) in [6.45, 7) is 6.35. The molecule has 0 saturated heterocycles. The van der Waals surface area contributed by atoms with Crippen LogP contribution in [0.5, 0.6) is 5.75 Å². The molecule has 1 aromatic rings. The fourth-order valence-corrected chi connectivity index (χ4v) is 1.12. The van der Waals surface area contributed by atoms with Gasteiger partial charge in [-0.3, -0.25) is 0 Å². The van der Waals surface area contributed by atoms with Gasteiger partial charge in [0.25, 0.3) is 0 Å². The molecule has 0 unspecified atom stereocenters. The third kappa shape index (κ3) is 2.43. The van der Waals surface area contributed by atoms with E-state index in [0.29, 0.717) is 11.6 Å². The molecule has 0 aliphatic heterocycles. The Bertz CT molecular complexity index is 225. The zero-order valence-electron chi connectivity index (χ0n) is 6.43. The lowest BCUT2D eigenvalue weighted by molar-refractivity contribution is 0.340. The van der Waals surface area contributed by atoms with Gasteiger partial charge in [-0.05, 0) is 37.6 Å². The van der Waals surface area contributed by atoms with Gasteiger partial charge in [0.2, 0.25) is 0 Å². The van der Waals surface area contributed by atoms with E-state index in [1.54, 1.807) is 12.1 Å². The Morgan fingerprint density at radius 2 is 2.18 bits per heavy atom. The van der Waals surface area contributed by atoms with Crippen LogP contribution in [0.4, 0.5) is 0 Å². The molecule has 0 N–H and O–H groups in total. The van der Waals surface area contributed by atoms with Crippen LogP contribution in [-0.4, -0.2) is 6.61 Å². The molecule has 1 nitrogen and oxygen atoms in total. The van der Waals surface area contributed by atoms with Crippen LogP contribution in [0.1, 0.15) is 12.5 Å². The van der Waals surface area contributed by atoms with Crippen LogP contribution in [0.25, 0.3) is 0 Å². The molecule has 1 rings (SSSR count). The fraction of sp³-hybridized carbons (Fsp3) is 0.222. The van der Waals surface area contributed by atoms with E-state index in [4.69, 9.17) is 16.3 Å². The standard InChI is InChI=1S/C9H10ClO/c1-3-11-9-5-7(2)4-8(10)6-9/h4-6H,2-3H2,1H3. The molecule has 2 heteroatoms. The van der Waals surface area contributed by atoms with Gasteiger partial charge < -0.3 is 4.74 Å². The highest BCUT2D eigenvalue weighted by atomic mass is 35.5. The summed E-state index contributed by atoms with van der Waals surface area (Å²) in [5.74, 6) is 0.782. The zero-order chi connectivity index (χ0) is 8.27. The smallest absolute Gasteiger partial charge is 0.121 e. The van der Waals surface area contributed by atoms with E-state index in [0.717, 1.165) is 11.3 Å². The van der Waals surface area contributed by atoms with Gasteiger partial charge in [0, 0.05) is 5.02 Å². The van der Waals surface area contributed by atoms with E-state index in [1.165, 1.54) is 0 Å². The summed E-state index contributed by atoms with van der Waals surface area (Å²) >= 11 is 5.77. The first kappa shape index (κ1) is 8.41. The van der Waals surface area contributed by atoms with Gasteiger partial charge in [-0.15, -0.1) is 0 Å². The first-order valence-corrected chi connectivity index (χ1v) is 3.85. The van der Waals surface area contributed by atoms with E-state index in [-0.39, 0.29) is 0 Å². The van der Waals surface area contributed by atoms with E-state index >= 15 is 0 Å². The van der Waals surface area contributed by atoms with E-state index in [2.05, 4.69) is 6.92 Å². The quantitative estimate of drug-likeness (QED) is 0.662. The second-order valence-electron chi connectivity index (χ2n) is 2.23. The van der Waals surface area contributed by atoms with Crippen molar-refractivity contribution in [1.82, 2.24) is 0 Å². The van der Waals surface area contributed by atoms with Gasteiger partial charge in [-0.25, -0.2) is 0 Å². The minimum atomic E-state index is 0.653. The Kier molecular flexibility index (Phi) is 2.77. The molecule has 11 heavy (non-hydrogen) atoms. The molecule has 0 aliphatic carbocycles. The van der Waals surface area contributed by atoms with Gasteiger partial charge in [0.1, 0.15) is 5.75 Å². The Morgan fingerprint density at radius 1 is 1.45 bits per heavy atom. The van der Waals surface area contributed by atoms with E-state index in [1.807, 2.05) is 13.0 Å². The highest BCUT2D eigenvalue weighted by molar-refractivity contribution is 6.30. The monoisotopic (exact) mass is 169 g/mol. The molecule has 0 aromatic heterocycles. The van der Waals surface area contributed by atoms with Crippen LogP contribution in [0.2, 0.25) is 5.02 Å². The SMILES string of the molecule is [CH2]c1cc(Cl)cc(OCC)c1. The lowest BCUT2D eigenvalue weighted by Crippen LogP contribution is -1.91. The van der Waals surface area contributed by atoms with Crippen LogP contribution >= 0.6 is 11.6 Å². The maximum atomic E-state index is 5.77. The molecular formula is C9H10ClO. The van der Waals surface area contributed by atoms with Crippen molar-refractivity contribution in [3.8, 4) is 5.75 Å². The van der Waals surface area contributed by atoms with Crippen molar-refractivity contribution in [3.05, 3.63) is 35.7 Å². The van der Waals surface area contributed by atoms with Gasteiger partial charge >= 0.3 is 0 Å². The highest BCUT2D eigenvalue weighted by Gasteiger charge is 1.95. The van der Waals surface area contributed by atoms with Crippen molar-refractivity contribution >= 4 is 11.6 Å². The van der Waals surface area contributed by atoms with Crippen LogP contribution in [0, 0.1) is 6.92 Å². The average molecular weight is 170 g/mol. The highest BCUT2D eigenvalue weighted by Crippen LogP contribution is 2.20. The largest absolute Gasteiger partial charge is 0.494 e. The summed E-state index contributed by atoms with van der Waals surface area (Å²) in [4.78, 5) is 0. The number of ether oxygens (including phenoxy) is 1. The number of hydrogen-bond donors (Lipinski definition) is 0. The Hall–Kier alpha value is -0.690. The predicted octanol–water partition coefficient (Wildman–Crippen LogP) is 2.92. The molecule has 0 amide bonds. The maximum absolute atomic E-state index is 5.77. The summed E-state index contributed by atoms with van der Waals surface area (Å²) in [7, 11) is 0. The first-order chi connectivity index (χ1) is 5.22. The summed E-state index contributed by atoms with van der Waals surface area (Å²) in [5.41, 5.74) is 0.876. The van der Waals surface area contributed by atoms with Gasteiger partial charge in [-0.2, -0.15) is 0 Å². The molecule has 1 radical (unpaired) electrons. The van der Waals surface area contributed by atoms with E-state index in [9.17, 15) is 0 Å². The molecule has 0 heterocycles. The third-order valence-corrected chi connectivity index (χ3v) is 1.46. The summed E-state index contributed by atoms with van der Waals surface area (Å²) < 4.78 is 5.24. The second kappa shape index (κ2) is 3.63. The fourth-order valence-electron chi connectivity index (χ4n) is 0.871. The Morgan fingerprint density at radius 3 is 2.73 bits per heavy atom. The van der Waals surface area contributed by atoms with Gasteiger partial charge in [-0.1, -0.05) is 11.6 Å². The average Bonchev–Trinajstić information content (AvgIpc) is 1.85. The topological polar surface area (TPSA) is 9.23 Å². The minimum absolute atomic E-state index is 0.653. The molecule has 0 saturated carbocycles. The van der Waals surface area contributed by atoms with Gasteiger partial charge in [0.15, 0.2) is 0 Å². The van der Waals surface area contributed by atoms with Gasteiger partial charge in [0.05, 0.1) is 6.61 Å². The summed E-state index contributed by atoms with van der Waals surface area (Å²) in [5, 5.41) is 0.668. The molecular weight excluding hydrogens is 160 g/mol. The van der Waals surface area contributed by atoms with Crippen LogP contribution in [-0.2, 0) is 0 Å². The molecule has 1 aromatic carbocycles. The lowest BCUT2D eigenvalue weighted by Gasteiger charge is -2.03. The molecule has 59 valence electrons. The van der Waals surface area contributed by atoms with Crippen LogP contribution in [0.3, 0.4) is 0 Å². The predicted molar refractivity (Wildman–Crippen MR) is 47.1 cm³/mol. The van der Waals surface area contributed by atoms with E-state index < -0.39 is 0 Å². The van der Waals surface area contributed by atoms with Crippen LogP contribution < -0.4 is 4.74 Å². The number of halogens is 1. The molecule has 0 atom stereocenters. The lowest BCUT2D eigenvalue weighted by atomic mass is 10.2. The normalized spacial score (nSPS) is 9.73. The van der Waals surface area contributed by atoms with Crippen molar-refractivity contribution in [3.63, 3.8) is 0 Å². The molecule has 0 spiro atoms. The van der Waals surface area contributed by atoms with Crippen molar-refractivity contribution < 1.29 is 4.74 Å². The number of hydrogen-bond acceptors (Lipinski definition) is 1. The van der Waals surface area contributed by atoms with Crippen molar-refractivity contribution in [2.24, 2.45) is 0 Å². The van der Waals surface area contributed by atoms with Crippen LogP contribution in [0.15, 0.2) is 18.2 Å².